The summed E-state index contributed by atoms with van der Waals surface area (Å²) in [6, 6.07) is 17.3. The van der Waals surface area contributed by atoms with E-state index in [1.807, 2.05) is 48.7 Å². The van der Waals surface area contributed by atoms with Crippen molar-refractivity contribution in [3.63, 3.8) is 0 Å². The normalized spacial score (nSPS) is 13.6. The van der Waals surface area contributed by atoms with Crippen molar-refractivity contribution < 1.29 is 22.7 Å². The van der Waals surface area contributed by atoms with Crippen LogP contribution < -0.4 is 4.72 Å². The van der Waals surface area contributed by atoms with E-state index in [2.05, 4.69) is 4.72 Å². The molecule has 0 spiro atoms. The zero-order valence-corrected chi connectivity index (χ0v) is 19.4. The van der Waals surface area contributed by atoms with Crippen molar-refractivity contribution in [2.24, 2.45) is 0 Å². The molecule has 0 bridgehead atoms. The number of benzene rings is 2. The highest BCUT2D eigenvalue weighted by atomic mass is 32.2. The predicted molar refractivity (Wildman–Crippen MR) is 124 cm³/mol. The number of ether oxygens (including phenoxy) is 1. The van der Waals surface area contributed by atoms with Gasteiger partial charge in [0.1, 0.15) is 0 Å². The first kappa shape index (κ1) is 22.9. The van der Waals surface area contributed by atoms with Gasteiger partial charge in [-0.2, -0.15) is 0 Å². The van der Waals surface area contributed by atoms with Crippen LogP contribution in [0.1, 0.15) is 50.5 Å². The molecule has 1 heterocycles. The van der Waals surface area contributed by atoms with Crippen LogP contribution in [0, 0.1) is 13.8 Å². The lowest BCUT2D eigenvalue weighted by atomic mass is 10.1. The highest BCUT2D eigenvalue weighted by Crippen LogP contribution is 2.23. The van der Waals surface area contributed by atoms with Crippen LogP contribution in [-0.4, -0.2) is 37.4 Å². The van der Waals surface area contributed by atoms with Gasteiger partial charge in [0.25, 0.3) is 0 Å². The molecule has 1 aromatic heterocycles. The molecule has 0 atom stereocenters. The zero-order chi connectivity index (χ0) is 23.6. The Kier molecular flexibility index (Phi) is 6.49. The van der Waals surface area contributed by atoms with Crippen LogP contribution in [-0.2, 0) is 21.3 Å². The van der Waals surface area contributed by atoms with Crippen molar-refractivity contribution in [2.45, 2.75) is 44.2 Å². The van der Waals surface area contributed by atoms with E-state index < -0.39 is 22.6 Å². The fraction of sp³-hybridized carbons (Fsp3) is 0.280. The molecule has 1 aliphatic carbocycles. The van der Waals surface area contributed by atoms with E-state index in [1.165, 1.54) is 24.3 Å². The van der Waals surface area contributed by atoms with E-state index in [0.717, 1.165) is 29.8 Å². The summed E-state index contributed by atoms with van der Waals surface area (Å²) in [4.78, 5) is 25.3. The van der Waals surface area contributed by atoms with E-state index in [9.17, 15) is 18.0 Å². The molecule has 172 valence electrons. The number of rotatable bonds is 9. The minimum Gasteiger partial charge on any atom is -0.454 e. The molecule has 3 aromatic rings. The van der Waals surface area contributed by atoms with E-state index in [0.29, 0.717) is 12.1 Å². The Bertz CT molecular complexity index is 1290. The summed E-state index contributed by atoms with van der Waals surface area (Å²) in [7, 11) is -3.69. The van der Waals surface area contributed by atoms with Gasteiger partial charge in [-0.05, 0) is 56.5 Å². The maximum Gasteiger partial charge on any atom is 0.338 e. The number of esters is 1. The number of hydrogen-bond acceptors (Lipinski definition) is 5. The van der Waals surface area contributed by atoms with Gasteiger partial charge in [0.15, 0.2) is 6.61 Å². The van der Waals surface area contributed by atoms with E-state index in [-0.39, 0.29) is 22.3 Å². The van der Waals surface area contributed by atoms with E-state index in [1.54, 1.807) is 6.07 Å². The van der Waals surface area contributed by atoms with Gasteiger partial charge in [-0.1, -0.05) is 36.4 Å². The van der Waals surface area contributed by atoms with Crippen LogP contribution in [0.5, 0.6) is 0 Å². The van der Waals surface area contributed by atoms with E-state index >= 15 is 0 Å². The highest BCUT2D eigenvalue weighted by molar-refractivity contribution is 7.89. The van der Waals surface area contributed by atoms with Gasteiger partial charge in [0.2, 0.25) is 15.8 Å². The number of carbonyl (C=O) groups excluding carboxylic acids is 2. The Morgan fingerprint density at radius 2 is 1.76 bits per heavy atom. The molecule has 0 saturated heterocycles. The number of Topliss-reactive ketones (excluding diaryl/α,β-unsaturated/α-hetero) is 1. The van der Waals surface area contributed by atoms with Gasteiger partial charge < -0.3 is 9.30 Å². The largest absolute Gasteiger partial charge is 0.454 e. The maximum atomic E-state index is 12.8. The molecular weight excluding hydrogens is 440 g/mol. The second kappa shape index (κ2) is 9.33. The minimum atomic E-state index is -3.69. The van der Waals surface area contributed by atoms with Crippen molar-refractivity contribution in [3.8, 4) is 0 Å². The topological polar surface area (TPSA) is 94.5 Å². The maximum absolute atomic E-state index is 12.8. The molecule has 8 heteroatoms. The van der Waals surface area contributed by atoms with Crippen LogP contribution in [0.15, 0.2) is 65.6 Å². The summed E-state index contributed by atoms with van der Waals surface area (Å²) in [5.41, 5.74) is 3.44. The van der Waals surface area contributed by atoms with Crippen molar-refractivity contribution in [3.05, 3.63) is 88.7 Å². The lowest BCUT2D eigenvalue weighted by Gasteiger charge is -2.10. The fourth-order valence-electron chi connectivity index (χ4n) is 3.66. The average Bonchev–Trinajstić information content (AvgIpc) is 3.57. The quantitative estimate of drug-likeness (QED) is 0.384. The number of sulfonamides is 1. The number of aromatic nitrogens is 1. The third-order valence-electron chi connectivity index (χ3n) is 5.67. The molecular formula is C25H26N2O5S. The summed E-state index contributed by atoms with van der Waals surface area (Å²) in [5, 5.41) is 0. The summed E-state index contributed by atoms with van der Waals surface area (Å²) in [6.45, 7) is 4.01. The second-order valence-electron chi connectivity index (χ2n) is 8.28. The molecule has 0 amide bonds. The Morgan fingerprint density at radius 3 is 2.45 bits per heavy atom. The molecule has 4 rings (SSSR count). The molecule has 7 nitrogen and oxygen atoms in total. The molecule has 1 saturated carbocycles. The lowest BCUT2D eigenvalue weighted by Crippen LogP contribution is -2.26. The van der Waals surface area contributed by atoms with Crippen molar-refractivity contribution >= 4 is 21.8 Å². The SMILES string of the molecule is Cc1cc(C(=O)COC(=O)c2cccc(S(=O)(=O)NC3CC3)c2)c(C)n1Cc1ccccc1. The van der Waals surface area contributed by atoms with Crippen LogP contribution in [0.3, 0.4) is 0 Å². The Labute approximate surface area is 193 Å². The number of nitrogens with zero attached hydrogens (tertiary/aromatic N) is 1. The summed E-state index contributed by atoms with van der Waals surface area (Å²) in [6.07, 6.45) is 1.63. The van der Waals surface area contributed by atoms with Gasteiger partial charge in [0.05, 0.1) is 10.5 Å². The number of aryl methyl sites for hydroxylation is 1. The molecule has 1 aliphatic rings. The third-order valence-corrected chi connectivity index (χ3v) is 7.19. The molecule has 0 radical (unpaired) electrons. The van der Waals surface area contributed by atoms with Crippen LogP contribution in [0.25, 0.3) is 0 Å². The first-order valence-electron chi connectivity index (χ1n) is 10.8. The number of hydrogen-bond donors (Lipinski definition) is 1. The van der Waals surface area contributed by atoms with Crippen molar-refractivity contribution in [2.75, 3.05) is 6.61 Å². The van der Waals surface area contributed by atoms with Crippen LogP contribution in [0.2, 0.25) is 0 Å². The average molecular weight is 467 g/mol. The Balaban J connectivity index is 1.42. The van der Waals surface area contributed by atoms with Crippen LogP contribution >= 0.6 is 0 Å². The molecule has 0 aliphatic heterocycles. The smallest absolute Gasteiger partial charge is 0.338 e. The molecule has 1 fully saturated rings. The minimum absolute atomic E-state index is 0.000339. The van der Waals surface area contributed by atoms with Crippen LogP contribution in [0.4, 0.5) is 0 Å². The van der Waals surface area contributed by atoms with Gasteiger partial charge >= 0.3 is 5.97 Å². The summed E-state index contributed by atoms with van der Waals surface area (Å²) in [5.74, 6) is -1.06. The van der Waals surface area contributed by atoms with Crippen molar-refractivity contribution in [1.82, 2.24) is 9.29 Å². The number of ketones is 1. The first-order chi connectivity index (χ1) is 15.7. The highest BCUT2D eigenvalue weighted by Gasteiger charge is 2.28. The number of carbonyl (C=O) groups is 2. The Hall–Kier alpha value is -3.23. The second-order valence-corrected chi connectivity index (χ2v) is 9.99. The van der Waals surface area contributed by atoms with Gasteiger partial charge in [-0.3, -0.25) is 4.79 Å². The summed E-state index contributed by atoms with van der Waals surface area (Å²) < 4.78 is 34.6. The zero-order valence-electron chi connectivity index (χ0n) is 18.6. The van der Waals surface area contributed by atoms with Crippen molar-refractivity contribution in [1.29, 1.82) is 0 Å². The molecule has 2 aromatic carbocycles. The molecule has 33 heavy (non-hydrogen) atoms. The standard InChI is InChI=1S/C25H26N2O5S/c1-17-13-23(18(2)27(17)15-19-7-4-3-5-8-19)24(28)16-32-25(29)20-9-6-10-22(14-20)33(30,31)26-21-11-12-21/h3-10,13-14,21,26H,11-12,15-16H2,1-2H3. The molecule has 0 unspecified atom stereocenters. The van der Waals surface area contributed by atoms with Gasteiger partial charge in [-0.15, -0.1) is 0 Å². The molecule has 1 N–H and O–H groups in total. The summed E-state index contributed by atoms with van der Waals surface area (Å²) >= 11 is 0. The van der Waals surface area contributed by atoms with Gasteiger partial charge in [0, 0.05) is 29.5 Å². The first-order valence-corrected chi connectivity index (χ1v) is 12.3. The number of nitrogens with one attached hydrogen (secondary N) is 1. The van der Waals surface area contributed by atoms with E-state index in [4.69, 9.17) is 4.74 Å². The third kappa shape index (κ3) is 5.40. The monoisotopic (exact) mass is 466 g/mol. The van der Waals surface area contributed by atoms with Gasteiger partial charge in [-0.25, -0.2) is 17.9 Å². The fourth-order valence-corrected chi connectivity index (χ4v) is 5.01. The lowest BCUT2D eigenvalue weighted by molar-refractivity contribution is 0.0474. The Morgan fingerprint density at radius 1 is 1.03 bits per heavy atom. The predicted octanol–water partition coefficient (Wildman–Crippen LogP) is 3.63.